The number of amides is 3. The van der Waals surface area contributed by atoms with Crippen molar-refractivity contribution in [3.63, 3.8) is 0 Å². The maximum absolute atomic E-state index is 12.4. The number of carboxylic acid groups (broad SMARTS) is 2. The molecule has 0 heterocycles. The van der Waals surface area contributed by atoms with E-state index in [4.69, 9.17) is 15.9 Å². The van der Waals surface area contributed by atoms with E-state index in [2.05, 4.69) is 16.0 Å². The van der Waals surface area contributed by atoms with Crippen molar-refractivity contribution in [2.24, 2.45) is 5.73 Å². The molecular weight excluding hydrogens is 420 g/mol. The Morgan fingerprint density at radius 2 is 1.53 bits per heavy atom. The van der Waals surface area contributed by atoms with Crippen molar-refractivity contribution in [1.82, 2.24) is 16.0 Å². The number of rotatable bonds is 14. The van der Waals surface area contributed by atoms with Crippen molar-refractivity contribution in [2.75, 3.05) is 12.0 Å². The standard InChI is InChI=1S/C17H30N4O8S/c1-8(19-15(26)10(18)6-7-30-3)14(25)20-11(4-5-12(23)24)16(27)21-13(9(2)22)17(28)29/h8-11,13,22H,4-7,18H2,1-3H3,(H,19,26)(H,20,25)(H,21,27)(H,23,24)(H,28,29). The van der Waals surface area contributed by atoms with E-state index in [1.807, 2.05) is 6.26 Å². The lowest BCUT2D eigenvalue weighted by molar-refractivity contribution is -0.145. The number of carbonyl (C=O) groups is 5. The van der Waals surface area contributed by atoms with Crippen LogP contribution in [0.25, 0.3) is 0 Å². The Bertz CT molecular complexity index is 631. The SMILES string of the molecule is CSCCC(N)C(=O)NC(C)C(=O)NC(CCC(=O)O)C(=O)NC(C(=O)O)C(C)O. The molecule has 3 amide bonds. The molecule has 0 aliphatic carbocycles. The number of thioether (sulfide) groups is 1. The molecule has 0 aromatic heterocycles. The second-order valence-corrected chi connectivity index (χ2v) is 7.66. The second-order valence-electron chi connectivity index (χ2n) is 6.68. The minimum Gasteiger partial charge on any atom is -0.481 e. The quantitative estimate of drug-likeness (QED) is 0.153. The molecule has 13 heteroatoms. The summed E-state index contributed by atoms with van der Waals surface area (Å²) in [5.74, 6) is -4.39. The summed E-state index contributed by atoms with van der Waals surface area (Å²) in [7, 11) is 0. The number of aliphatic hydroxyl groups is 1. The van der Waals surface area contributed by atoms with Gasteiger partial charge in [0.1, 0.15) is 12.1 Å². The third-order valence-corrected chi connectivity index (χ3v) is 4.69. The minimum atomic E-state index is -1.65. The van der Waals surface area contributed by atoms with Gasteiger partial charge in [-0.2, -0.15) is 11.8 Å². The predicted octanol–water partition coefficient (Wildman–Crippen LogP) is -2.13. The van der Waals surface area contributed by atoms with Crippen LogP contribution in [0.15, 0.2) is 0 Å². The van der Waals surface area contributed by atoms with Crippen LogP contribution >= 0.6 is 11.8 Å². The Balaban J connectivity index is 5.10. The molecule has 5 unspecified atom stereocenters. The molecule has 5 atom stereocenters. The molecule has 0 aliphatic rings. The molecule has 0 spiro atoms. The Morgan fingerprint density at radius 1 is 0.933 bits per heavy atom. The van der Waals surface area contributed by atoms with Gasteiger partial charge in [-0.25, -0.2) is 4.79 Å². The Labute approximate surface area is 178 Å². The van der Waals surface area contributed by atoms with Gasteiger partial charge in [0.05, 0.1) is 12.1 Å². The number of nitrogens with one attached hydrogen (secondary N) is 3. The van der Waals surface area contributed by atoms with Crippen LogP contribution in [0.4, 0.5) is 0 Å². The summed E-state index contributed by atoms with van der Waals surface area (Å²) in [6.07, 6.45) is 0.0252. The first-order valence-corrected chi connectivity index (χ1v) is 10.6. The van der Waals surface area contributed by atoms with E-state index < -0.39 is 66.4 Å². The molecule has 0 fully saturated rings. The summed E-state index contributed by atoms with van der Waals surface area (Å²) in [4.78, 5) is 58.7. The average Bonchev–Trinajstić information content (AvgIpc) is 2.65. The molecule has 0 rings (SSSR count). The summed E-state index contributed by atoms with van der Waals surface area (Å²) in [5.41, 5.74) is 5.73. The summed E-state index contributed by atoms with van der Waals surface area (Å²) in [6, 6.07) is -4.93. The van der Waals surface area contributed by atoms with E-state index in [0.717, 1.165) is 6.92 Å². The Morgan fingerprint density at radius 3 is 2.00 bits per heavy atom. The van der Waals surface area contributed by atoms with Crippen LogP contribution in [-0.4, -0.2) is 87.3 Å². The molecule has 0 aliphatic heterocycles. The van der Waals surface area contributed by atoms with Crippen LogP contribution in [0.5, 0.6) is 0 Å². The van der Waals surface area contributed by atoms with Gasteiger partial charge in [0.15, 0.2) is 6.04 Å². The fourth-order valence-corrected chi connectivity index (χ4v) is 2.73. The lowest BCUT2D eigenvalue weighted by Crippen LogP contribution is -2.57. The zero-order chi connectivity index (χ0) is 23.4. The number of nitrogens with two attached hydrogens (primary N) is 1. The molecule has 0 aromatic rings. The molecule has 0 bridgehead atoms. The Hall–Kier alpha value is -2.38. The zero-order valence-electron chi connectivity index (χ0n) is 17.1. The molecular formula is C17H30N4O8S. The van der Waals surface area contributed by atoms with Crippen molar-refractivity contribution in [1.29, 1.82) is 0 Å². The van der Waals surface area contributed by atoms with Crippen LogP contribution in [-0.2, 0) is 24.0 Å². The maximum Gasteiger partial charge on any atom is 0.328 e. The van der Waals surface area contributed by atoms with E-state index >= 15 is 0 Å². The normalized spacial score (nSPS) is 15.8. The highest BCUT2D eigenvalue weighted by Crippen LogP contribution is 2.03. The van der Waals surface area contributed by atoms with Crippen LogP contribution in [0.2, 0.25) is 0 Å². The summed E-state index contributed by atoms with van der Waals surface area (Å²) in [6.45, 7) is 2.51. The van der Waals surface area contributed by atoms with Crippen LogP contribution in [0.3, 0.4) is 0 Å². The highest BCUT2D eigenvalue weighted by atomic mass is 32.2. The summed E-state index contributed by atoms with van der Waals surface area (Å²) < 4.78 is 0. The molecule has 30 heavy (non-hydrogen) atoms. The second kappa shape index (κ2) is 13.8. The van der Waals surface area contributed by atoms with E-state index in [1.54, 1.807) is 0 Å². The Kier molecular flexibility index (Phi) is 12.7. The minimum absolute atomic E-state index is 0.326. The average molecular weight is 451 g/mol. The van der Waals surface area contributed by atoms with Crippen molar-refractivity contribution in [3.05, 3.63) is 0 Å². The third kappa shape index (κ3) is 10.4. The third-order valence-electron chi connectivity index (χ3n) is 4.05. The van der Waals surface area contributed by atoms with Gasteiger partial charge in [-0.3, -0.25) is 19.2 Å². The van der Waals surface area contributed by atoms with E-state index in [9.17, 15) is 29.1 Å². The summed E-state index contributed by atoms with van der Waals surface area (Å²) >= 11 is 1.51. The van der Waals surface area contributed by atoms with Gasteiger partial charge in [0, 0.05) is 6.42 Å². The van der Waals surface area contributed by atoms with Crippen molar-refractivity contribution < 1.29 is 39.3 Å². The van der Waals surface area contributed by atoms with Crippen molar-refractivity contribution in [3.8, 4) is 0 Å². The van der Waals surface area contributed by atoms with Gasteiger partial charge in [0.2, 0.25) is 17.7 Å². The highest BCUT2D eigenvalue weighted by molar-refractivity contribution is 7.98. The fraction of sp³-hybridized carbons (Fsp3) is 0.706. The van der Waals surface area contributed by atoms with E-state index in [-0.39, 0.29) is 6.42 Å². The van der Waals surface area contributed by atoms with Gasteiger partial charge >= 0.3 is 11.9 Å². The van der Waals surface area contributed by atoms with Crippen LogP contribution in [0.1, 0.15) is 33.1 Å². The number of carbonyl (C=O) groups excluding carboxylic acids is 3. The number of aliphatic hydroxyl groups excluding tert-OH is 1. The van der Waals surface area contributed by atoms with Crippen LogP contribution < -0.4 is 21.7 Å². The number of carboxylic acids is 2. The van der Waals surface area contributed by atoms with Gasteiger partial charge in [-0.15, -0.1) is 0 Å². The maximum atomic E-state index is 12.4. The highest BCUT2D eigenvalue weighted by Gasteiger charge is 2.31. The largest absolute Gasteiger partial charge is 0.481 e. The van der Waals surface area contributed by atoms with Gasteiger partial charge < -0.3 is 37.0 Å². The summed E-state index contributed by atoms with van der Waals surface area (Å²) in [5, 5.41) is 34.1. The molecule has 0 radical (unpaired) electrons. The van der Waals surface area contributed by atoms with Crippen molar-refractivity contribution in [2.45, 2.75) is 63.4 Å². The zero-order valence-corrected chi connectivity index (χ0v) is 17.9. The molecule has 12 nitrogen and oxygen atoms in total. The predicted molar refractivity (Wildman–Crippen MR) is 109 cm³/mol. The molecule has 0 aromatic carbocycles. The fourth-order valence-electron chi connectivity index (χ4n) is 2.24. The van der Waals surface area contributed by atoms with Gasteiger partial charge in [-0.05, 0) is 38.7 Å². The van der Waals surface area contributed by atoms with Gasteiger partial charge in [-0.1, -0.05) is 0 Å². The number of hydrogen-bond acceptors (Lipinski definition) is 8. The first-order chi connectivity index (χ1) is 13.9. The lowest BCUT2D eigenvalue weighted by Gasteiger charge is -2.24. The van der Waals surface area contributed by atoms with Gasteiger partial charge in [0.25, 0.3) is 0 Å². The first kappa shape index (κ1) is 27.6. The van der Waals surface area contributed by atoms with Crippen molar-refractivity contribution >= 4 is 41.4 Å². The molecule has 8 N–H and O–H groups in total. The first-order valence-electron chi connectivity index (χ1n) is 9.19. The number of hydrogen-bond donors (Lipinski definition) is 7. The lowest BCUT2D eigenvalue weighted by atomic mass is 10.1. The van der Waals surface area contributed by atoms with E-state index in [0.29, 0.717) is 12.2 Å². The molecule has 0 saturated heterocycles. The molecule has 0 saturated carbocycles. The number of aliphatic carboxylic acids is 2. The monoisotopic (exact) mass is 450 g/mol. The van der Waals surface area contributed by atoms with E-state index in [1.165, 1.54) is 18.7 Å². The topological polar surface area (TPSA) is 208 Å². The van der Waals surface area contributed by atoms with Crippen LogP contribution in [0, 0.1) is 0 Å². The smallest absolute Gasteiger partial charge is 0.328 e. The molecule has 172 valence electrons.